The van der Waals surface area contributed by atoms with Crippen molar-refractivity contribution in [2.45, 2.75) is 46.1 Å². The maximum atomic E-state index is 12.4. The third-order valence-electron chi connectivity index (χ3n) is 4.97. The minimum Gasteiger partial charge on any atom is -0.358 e. The number of rotatable bonds is 5. The van der Waals surface area contributed by atoms with Crippen LogP contribution in [0.3, 0.4) is 0 Å². The van der Waals surface area contributed by atoms with E-state index in [0.717, 1.165) is 36.4 Å². The van der Waals surface area contributed by atoms with Crippen molar-refractivity contribution in [3.8, 4) is 0 Å². The fraction of sp³-hybridized carbons (Fsp3) is 0.526. The van der Waals surface area contributed by atoms with Crippen molar-refractivity contribution in [3.05, 3.63) is 35.0 Å². The average Bonchev–Trinajstić information content (AvgIpc) is 3.15. The van der Waals surface area contributed by atoms with Gasteiger partial charge in [0, 0.05) is 29.2 Å². The second-order valence-corrected chi connectivity index (χ2v) is 6.85. The van der Waals surface area contributed by atoms with E-state index in [-0.39, 0.29) is 5.91 Å². The van der Waals surface area contributed by atoms with Gasteiger partial charge in [0.05, 0.1) is 6.42 Å². The highest BCUT2D eigenvalue weighted by Crippen LogP contribution is 2.23. The number of nitrogens with zero attached hydrogens (tertiary/aromatic N) is 1. The molecule has 0 aliphatic carbocycles. The number of carbonyl (C=O) groups is 1. The van der Waals surface area contributed by atoms with Gasteiger partial charge < -0.3 is 10.3 Å². The van der Waals surface area contributed by atoms with E-state index in [0.29, 0.717) is 12.5 Å². The van der Waals surface area contributed by atoms with Crippen molar-refractivity contribution in [3.63, 3.8) is 0 Å². The van der Waals surface area contributed by atoms with Gasteiger partial charge in [-0.15, -0.1) is 0 Å². The van der Waals surface area contributed by atoms with Gasteiger partial charge >= 0.3 is 0 Å². The SMILES string of the molecule is Cc1ccc2[nH]c(C)c(CC(=O)NCC(C)N3CCCC3)c2c1. The van der Waals surface area contributed by atoms with Crippen LogP contribution in [-0.4, -0.2) is 41.5 Å². The van der Waals surface area contributed by atoms with Crippen LogP contribution in [0, 0.1) is 13.8 Å². The van der Waals surface area contributed by atoms with E-state index in [2.05, 4.69) is 47.2 Å². The number of aromatic amines is 1. The molecular formula is C19H27N3O. The van der Waals surface area contributed by atoms with Crippen LogP contribution in [0.25, 0.3) is 10.9 Å². The molecule has 4 nitrogen and oxygen atoms in total. The summed E-state index contributed by atoms with van der Waals surface area (Å²) in [7, 11) is 0. The lowest BCUT2D eigenvalue weighted by Gasteiger charge is -2.23. The van der Waals surface area contributed by atoms with Gasteiger partial charge in [-0.25, -0.2) is 0 Å². The molecule has 0 saturated carbocycles. The van der Waals surface area contributed by atoms with Crippen molar-refractivity contribution in [2.24, 2.45) is 0 Å². The van der Waals surface area contributed by atoms with E-state index < -0.39 is 0 Å². The van der Waals surface area contributed by atoms with Gasteiger partial charge in [0.15, 0.2) is 0 Å². The molecule has 1 fully saturated rings. The molecule has 1 atom stereocenters. The van der Waals surface area contributed by atoms with Gasteiger partial charge in [0.2, 0.25) is 5.91 Å². The van der Waals surface area contributed by atoms with Gasteiger partial charge in [-0.1, -0.05) is 11.6 Å². The van der Waals surface area contributed by atoms with Gasteiger partial charge in [-0.3, -0.25) is 9.69 Å². The summed E-state index contributed by atoms with van der Waals surface area (Å²) in [6, 6.07) is 6.77. The number of likely N-dealkylation sites (tertiary alicyclic amines) is 1. The molecule has 1 aromatic heterocycles. The number of fused-ring (bicyclic) bond motifs is 1. The normalized spacial score (nSPS) is 16.8. The highest BCUT2D eigenvalue weighted by Gasteiger charge is 2.19. The van der Waals surface area contributed by atoms with Crippen molar-refractivity contribution in [1.29, 1.82) is 0 Å². The summed E-state index contributed by atoms with van der Waals surface area (Å²) >= 11 is 0. The first-order valence-corrected chi connectivity index (χ1v) is 8.63. The van der Waals surface area contributed by atoms with Gasteiger partial charge in [-0.2, -0.15) is 0 Å². The van der Waals surface area contributed by atoms with Crippen LogP contribution in [0.15, 0.2) is 18.2 Å². The molecule has 1 saturated heterocycles. The van der Waals surface area contributed by atoms with Crippen LogP contribution in [0.4, 0.5) is 0 Å². The summed E-state index contributed by atoms with van der Waals surface area (Å²) in [5.41, 5.74) is 4.55. The first-order chi connectivity index (χ1) is 11.0. The predicted molar refractivity (Wildman–Crippen MR) is 94.8 cm³/mol. The molecule has 0 radical (unpaired) electrons. The van der Waals surface area contributed by atoms with Crippen molar-refractivity contribution in [2.75, 3.05) is 19.6 Å². The molecule has 2 N–H and O–H groups in total. The molecule has 0 spiro atoms. The van der Waals surface area contributed by atoms with Gasteiger partial charge in [-0.05, 0) is 64.4 Å². The number of H-pyrrole nitrogens is 1. The number of aromatic nitrogens is 1. The Kier molecular flexibility index (Phi) is 4.71. The summed E-state index contributed by atoms with van der Waals surface area (Å²) in [6.45, 7) is 9.40. The molecule has 1 unspecified atom stereocenters. The molecule has 2 heterocycles. The average molecular weight is 313 g/mol. The zero-order valence-electron chi connectivity index (χ0n) is 14.4. The Balaban J connectivity index is 1.63. The molecule has 1 aliphatic heterocycles. The monoisotopic (exact) mass is 313 g/mol. The fourth-order valence-corrected chi connectivity index (χ4v) is 3.52. The maximum Gasteiger partial charge on any atom is 0.224 e. The second kappa shape index (κ2) is 6.75. The predicted octanol–water partition coefficient (Wildman–Crippen LogP) is 2.93. The third kappa shape index (κ3) is 3.58. The van der Waals surface area contributed by atoms with Crippen LogP contribution in [0.5, 0.6) is 0 Å². The Morgan fingerprint density at radius 3 is 2.78 bits per heavy atom. The number of benzene rings is 1. The highest BCUT2D eigenvalue weighted by molar-refractivity contribution is 5.90. The lowest BCUT2D eigenvalue weighted by Crippen LogP contribution is -2.41. The smallest absolute Gasteiger partial charge is 0.224 e. The first-order valence-electron chi connectivity index (χ1n) is 8.63. The molecule has 2 aromatic rings. The van der Waals surface area contributed by atoms with Crippen LogP contribution in [-0.2, 0) is 11.2 Å². The Hall–Kier alpha value is -1.81. The zero-order chi connectivity index (χ0) is 16.4. The third-order valence-corrected chi connectivity index (χ3v) is 4.97. The largest absolute Gasteiger partial charge is 0.358 e. The Morgan fingerprint density at radius 1 is 1.30 bits per heavy atom. The first kappa shape index (κ1) is 16.1. The summed E-state index contributed by atoms with van der Waals surface area (Å²) in [5.74, 6) is 0.113. The number of aryl methyl sites for hydroxylation is 2. The molecule has 3 rings (SSSR count). The van der Waals surface area contributed by atoms with E-state index in [4.69, 9.17) is 0 Å². The van der Waals surface area contributed by atoms with E-state index >= 15 is 0 Å². The molecule has 4 heteroatoms. The summed E-state index contributed by atoms with van der Waals surface area (Å²) in [6.07, 6.45) is 3.01. The minimum atomic E-state index is 0.113. The summed E-state index contributed by atoms with van der Waals surface area (Å²) in [4.78, 5) is 18.2. The number of hydrogen-bond acceptors (Lipinski definition) is 2. The minimum absolute atomic E-state index is 0.113. The van der Waals surface area contributed by atoms with E-state index in [1.807, 2.05) is 6.92 Å². The van der Waals surface area contributed by atoms with Crippen LogP contribution in [0.2, 0.25) is 0 Å². The summed E-state index contributed by atoms with van der Waals surface area (Å²) < 4.78 is 0. The number of carbonyl (C=O) groups excluding carboxylic acids is 1. The standard InChI is InChI=1S/C19H27N3O/c1-13-6-7-18-17(10-13)16(15(3)21-18)11-19(23)20-12-14(2)22-8-4-5-9-22/h6-7,10,14,21H,4-5,8-9,11-12H2,1-3H3,(H,20,23). The molecular weight excluding hydrogens is 286 g/mol. The molecule has 1 aliphatic rings. The maximum absolute atomic E-state index is 12.4. The number of nitrogens with one attached hydrogen (secondary N) is 2. The highest BCUT2D eigenvalue weighted by atomic mass is 16.1. The van der Waals surface area contributed by atoms with E-state index in [9.17, 15) is 4.79 Å². The Bertz CT molecular complexity index is 698. The number of amides is 1. The van der Waals surface area contributed by atoms with Gasteiger partial charge in [0.1, 0.15) is 0 Å². The Labute approximate surface area is 138 Å². The molecule has 0 bridgehead atoms. The quantitative estimate of drug-likeness (QED) is 0.891. The van der Waals surface area contributed by atoms with Crippen LogP contribution in [0.1, 0.15) is 36.6 Å². The topological polar surface area (TPSA) is 48.1 Å². The van der Waals surface area contributed by atoms with Crippen molar-refractivity contribution in [1.82, 2.24) is 15.2 Å². The van der Waals surface area contributed by atoms with Gasteiger partial charge in [0.25, 0.3) is 0 Å². The lowest BCUT2D eigenvalue weighted by atomic mass is 10.1. The van der Waals surface area contributed by atoms with Crippen molar-refractivity contribution >= 4 is 16.8 Å². The molecule has 1 aromatic carbocycles. The Morgan fingerprint density at radius 2 is 2.04 bits per heavy atom. The fourth-order valence-electron chi connectivity index (χ4n) is 3.52. The van der Waals surface area contributed by atoms with E-state index in [1.54, 1.807) is 0 Å². The van der Waals surface area contributed by atoms with E-state index in [1.165, 1.54) is 23.8 Å². The summed E-state index contributed by atoms with van der Waals surface area (Å²) in [5, 5.41) is 4.28. The number of hydrogen-bond donors (Lipinski definition) is 2. The molecule has 124 valence electrons. The second-order valence-electron chi connectivity index (χ2n) is 6.85. The van der Waals surface area contributed by atoms with Crippen LogP contribution < -0.4 is 5.32 Å². The molecule has 23 heavy (non-hydrogen) atoms. The zero-order valence-corrected chi connectivity index (χ0v) is 14.4. The van der Waals surface area contributed by atoms with Crippen LogP contribution >= 0.6 is 0 Å². The molecule has 1 amide bonds. The lowest BCUT2D eigenvalue weighted by molar-refractivity contribution is -0.120. The van der Waals surface area contributed by atoms with Crippen molar-refractivity contribution < 1.29 is 4.79 Å².